The predicted octanol–water partition coefficient (Wildman–Crippen LogP) is 4.95. The lowest BCUT2D eigenvalue weighted by Crippen LogP contribution is -2.55. The van der Waals surface area contributed by atoms with Gasteiger partial charge in [0.1, 0.15) is 5.78 Å². The molecule has 0 saturated carbocycles. The third kappa shape index (κ3) is 13.9. The Morgan fingerprint density at radius 3 is 2.08 bits per heavy atom. The first kappa shape index (κ1) is 50.1. The smallest absolute Gasteiger partial charge is 0.247 e. The van der Waals surface area contributed by atoms with Crippen molar-refractivity contribution in [1.82, 2.24) is 25.5 Å². The van der Waals surface area contributed by atoms with Crippen LogP contribution in [0.3, 0.4) is 0 Å². The highest BCUT2D eigenvalue weighted by Crippen LogP contribution is 2.32. The quantitative estimate of drug-likeness (QED) is 0.130. The lowest BCUT2D eigenvalue weighted by molar-refractivity contribution is -0.149. The van der Waals surface area contributed by atoms with Gasteiger partial charge < -0.3 is 24.6 Å². The van der Waals surface area contributed by atoms with Crippen molar-refractivity contribution in [1.29, 1.82) is 0 Å². The van der Waals surface area contributed by atoms with E-state index < -0.39 is 36.0 Å². The van der Waals surface area contributed by atoms with Crippen LogP contribution in [0, 0.1) is 35.5 Å². The summed E-state index contributed by atoms with van der Waals surface area (Å²) in [5.74, 6) is -2.32. The monoisotopic (exact) mass is 828 g/mol. The molecular weight excluding hydrogens is 751 g/mol. The molecule has 2 heterocycles. The van der Waals surface area contributed by atoms with Gasteiger partial charge in [0.05, 0.1) is 49.3 Å². The second-order valence-electron chi connectivity index (χ2n) is 17.5. The van der Waals surface area contributed by atoms with E-state index in [1.807, 2.05) is 56.0 Å². The fraction of sp³-hybridized carbons (Fsp3) is 0.761. The first-order chi connectivity index (χ1) is 28.1. The van der Waals surface area contributed by atoms with Gasteiger partial charge >= 0.3 is 0 Å². The zero-order chi connectivity index (χ0) is 43.8. The fourth-order valence-corrected chi connectivity index (χ4v) is 9.32. The van der Waals surface area contributed by atoms with Crippen LogP contribution >= 0.6 is 0 Å². The number of hydrogen-bond acceptors (Lipinski definition) is 10. The SMILES string of the molecule is CCONC(=O)[C@@H](CC(=O)[C@H](C)[C@@H](OC)[C@@H]1CCCN1C(=O)CC(OC)[C@H]([C@@H](C)CC)N(C)C(=O)[C@@H](CC(=O)[C@H](C(C)C)N1CCNCC1)C(C)C)Cc1ccccc1. The highest BCUT2D eigenvalue weighted by Gasteiger charge is 2.43. The molecule has 13 heteroatoms. The summed E-state index contributed by atoms with van der Waals surface area (Å²) in [4.78, 5) is 81.0. The minimum atomic E-state index is -0.644. The van der Waals surface area contributed by atoms with Crippen LogP contribution in [0.4, 0.5) is 0 Å². The molecule has 2 aliphatic heterocycles. The molecule has 0 radical (unpaired) electrons. The molecule has 1 unspecified atom stereocenters. The number of rotatable bonds is 25. The standard InChI is InChI=1S/C46H77N5O8/c1-12-32(7)43(49(9)46(56)36(30(3)4)28-39(53)42(31(5)6)50-24-21-47-22-25-50)40(57-10)29-41(54)51-23-17-20-37(51)44(58-11)33(8)38(52)27-35(45(55)48-59-13-2)26-34-18-15-14-16-19-34/h14-16,18-19,30-33,35-37,40,42-44,47H,12-13,17,20-29H2,1-11H3,(H,48,55)/t32-,33-,35+,36-,37-,40?,42-,43-,44+/m0/s1. The Balaban J connectivity index is 1.78. The maximum atomic E-state index is 14.5. The number of nitrogens with zero attached hydrogens (tertiary/aromatic N) is 3. The molecule has 334 valence electrons. The van der Waals surface area contributed by atoms with Gasteiger partial charge in [-0.05, 0) is 49.5 Å². The topological polar surface area (TPSA) is 147 Å². The lowest BCUT2D eigenvalue weighted by atomic mass is 9.83. The minimum Gasteiger partial charge on any atom is -0.379 e. The molecule has 13 nitrogen and oxygen atoms in total. The number of methoxy groups -OCH3 is 2. The molecule has 1 aromatic rings. The molecule has 3 amide bonds. The Bertz CT molecular complexity index is 1470. The first-order valence-corrected chi connectivity index (χ1v) is 22.2. The molecule has 0 aliphatic carbocycles. The van der Waals surface area contributed by atoms with Gasteiger partial charge in [0.15, 0.2) is 5.78 Å². The average molecular weight is 828 g/mol. The van der Waals surface area contributed by atoms with Crippen molar-refractivity contribution in [3.8, 4) is 0 Å². The van der Waals surface area contributed by atoms with Crippen LogP contribution in [0.2, 0.25) is 0 Å². The number of benzene rings is 1. The summed E-state index contributed by atoms with van der Waals surface area (Å²) in [6.07, 6.45) is 1.55. The van der Waals surface area contributed by atoms with Crippen molar-refractivity contribution in [2.45, 2.75) is 131 Å². The van der Waals surface area contributed by atoms with Crippen LogP contribution < -0.4 is 10.8 Å². The molecule has 1 aromatic carbocycles. The van der Waals surface area contributed by atoms with Gasteiger partial charge in [-0.25, -0.2) is 5.48 Å². The van der Waals surface area contributed by atoms with Crippen LogP contribution in [0.25, 0.3) is 0 Å². The van der Waals surface area contributed by atoms with Crippen molar-refractivity contribution in [2.75, 3.05) is 60.6 Å². The number of carbonyl (C=O) groups is 5. The number of piperazine rings is 1. The van der Waals surface area contributed by atoms with E-state index in [1.165, 1.54) is 0 Å². The van der Waals surface area contributed by atoms with E-state index in [2.05, 4.69) is 43.4 Å². The molecule has 0 bridgehead atoms. The number of amides is 3. The van der Waals surface area contributed by atoms with E-state index in [1.54, 1.807) is 33.1 Å². The number of carbonyl (C=O) groups excluding carboxylic acids is 5. The summed E-state index contributed by atoms with van der Waals surface area (Å²) in [5, 5.41) is 3.37. The number of likely N-dealkylation sites (N-methyl/N-ethyl adjacent to an activating group) is 1. The van der Waals surface area contributed by atoms with Crippen molar-refractivity contribution in [3.05, 3.63) is 35.9 Å². The van der Waals surface area contributed by atoms with Crippen LogP contribution in [0.15, 0.2) is 30.3 Å². The number of hydrogen-bond donors (Lipinski definition) is 2. The Morgan fingerprint density at radius 2 is 1.53 bits per heavy atom. The third-order valence-corrected chi connectivity index (χ3v) is 12.9. The van der Waals surface area contributed by atoms with Crippen LogP contribution in [-0.4, -0.2) is 135 Å². The molecule has 3 rings (SSSR count). The highest BCUT2D eigenvalue weighted by atomic mass is 16.6. The summed E-state index contributed by atoms with van der Waals surface area (Å²) < 4.78 is 12.1. The average Bonchev–Trinajstić information content (AvgIpc) is 3.71. The van der Waals surface area contributed by atoms with Gasteiger partial charge in [-0.15, -0.1) is 0 Å². The minimum absolute atomic E-state index is 0.00280. The third-order valence-electron chi connectivity index (χ3n) is 12.9. The van der Waals surface area contributed by atoms with Crippen molar-refractivity contribution >= 4 is 29.3 Å². The van der Waals surface area contributed by atoms with Crippen molar-refractivity contribution in [3.63, 3.8) is 0 Å². The summed E-state index contributed by atoms with van der Waals surface area (Å²) >= 11 is 0. The van der Waals surface area contributed by atoms with Crippen LogP contribution in [-0.2, 0) is 44.7 Å². The van der Waals surface area contributed by atoms with Gasteiger partial charge in [-0.1, -0.05) is 85.2 Å². The maximum absolute atomic E-state index is 14.5. The second-order valence-corrected chi connectivity index (χ2v) is 17.5. The zero-order valence-electron chi connectivity index (χ0n) is 38.0. The summed E-state index contributed by atoms with van der Waals surface area (Å²) in [6, 6.07) is 8.57. The second kappa shape index (κ2) is 24.9. The molecule has 2 N–H and O–H groups in total. The molecule has 9 atom stereocenters. The van der Waals surface area contributed by atoms with Gasteiger partial charge in [-0.3, -0.25) is 33.7 Å². The van der Waals surface area contributed by atoms with E-state index in [0.717, 1.165) is 44.6 Å². The maximum Gasteiger partial charge on any atom is 0.247 e. The van der Waals surface area contributed by atoms with Gasteiger partial charge in [0.2, 0.25) is 17.7 Å². The van der Waals surface area contributed by atoms with E-state index in [-0.39, 0.29) is 78.4 Å². The molecule has 0 aromatic heterocycles. The Hall–Kier alpha value is -3.23. The van der Waals surface area contributed by atoms with E-state index in [4.69, 9.17) is 14.3 Å². The number of ether oxygens (including phenoxy) is 2. The van der Waals surface area contributed by atoms with Crippen molar-refractivity contribution < 1.29 is 38.3 Å². The van der Waals surface area contributed by atoms with E-state index in [0.29, 0.717) is 26.0 Å². The summed E-state index contributed by atoms with van der Waals surface area (Å²) in [5.41, 5.74) is 3.43. The van der Waals surface area contributed by atoms with Gasteiger partial charge in [-0.2, -0.15) is 0 Å². The van der Waals surface area contributed by atoms with Crippen LogP contribution in [0.5, 0.6) is 0 Å². The normalized spacial score (nSPS) is 20.4. The van der Waals surface area contributed by atoms with Gasteiger partial charge in [0.25, 0.3) is 0 Å². The fourth-order valence-electron chi connectivity index (χ4n) is 9.32. The number of likely N-dealkylation sites (tertiary alicyclic amines) is 1. The Kier molecular flexibility index (Phi) is 21.1. The predicted molar refractivity (Wildman–Crippen MR) is 230 cm³/mol. The zero-order valence-corrected chi connectivity index (χ0v) is 38.0. The van der Waals surface area contributed by atoms with Gasteiger partial charge in [0, 0.05) is 78.7 Å². The number of hydroxylamine groups is 1. The molecule has 59 heavy (non-hydrogen) atoms. The summed E-state index contributed by atoms with van der Waals surface area (Å²) in [6.45, 7) is 20.0. The van der Waals surface area contributed by atoms with Crippen LogP contribution in [0.1, 0.15) is 99.5 Å². The van der Waals surface area contributed by atoms with E-state index >= 15 is 0 Å². The molecular formula is C46H77N5O8. The lowest BCUT2D eigenvalue weighted by Gasteiger charge is -2.41. The molecule has 2 fully saturated rings. The molecule has 2 saturated heterocycles. The van der Waals surface area contributed by atoms with E-state index in [9.17, 15) is 24.0 Å². The Labute approximate surface area is 354 Å². The van der Waals surface area contributed by atoms with Crippen molar-refractivity contribution in [2.24, 2.45) is 35.5 Å². The first-order valence-electron chi connectivity index (χ1n) is 22.2. The number of ketones is 2. The Morgan fingerprint density at radius 1 is 0.864 bits per heavy atom. The highest BCUT2D eigenvalue weighted by molar-refractivity contribution is 5.90. The molecule has 0 spiro atoms. The number of nitrogens with one attached hydrogen (secondary N) is 2. The number of Topliss-reactive ketones (excluding diaryl/α,β-unsaturated/α-hetero) is 2. The molecule has 2 aliphatic rings. The largest absolute Gasteiger partial charge is 0.379 e. The summed E-state index contributed by atoms with van der Waals surface area (Å²) in [7, 11) is 4.95.